The number of benzene rings is 1. The van der Waals surface area contributed by atoms with E-state index in [1.54, 1.807) is 11.8 Å². The Balaban J connectivity index is 2.11. The summed E-state index contributed by atoms with van der Waals surface area (Å²) in [5, 5.41) is 1.56. The molecule has 0 unspecified atom stereocenters. The maximum absolute atomic E-state index is 6.17. The molecule has 0 saturated carbocycles. The molecule has 2 aromatic rings. The van der Waals surface area contributed by atoms with E-state index in [1.807, 2.05) is 38.1 Å². The van der Waals surface area contributed by atoms with Crippen LogP contribution in [0.25, 0.3) is 0 Å². The lowest BCUT2D eigenvalue weighted by Gasteiger charge is -2.05. The molecular formula is C13H12BrClN2S. The van der Waals surface area contributed by atoms with Crippen LogP contribution in [-0.2, 0) is 5.75 Å². The molecule has 0 N–H and O–H groups in total. The zero-order valence-corrected chi connectivity index (χ0v) is 13.2. The van der Waals surface area contributed by atoms with Gasteiger partial charge in [-0.2, -0.15) is 0 Å². The summed E-state index contributed by atoms with van der Waals surface area (Å²) in [7, 11) is 0. The third kappa shape index (κ3) is 3.70. The van der Waals surface area contributed by atoms with E-state index in [0.717, 1.165) is 37.4 Å². The zero-order valence-electron chi connectivity index (χ0n) is 10.1. The molecule has 0 atom stereocenters. The van der Waals surface area contributed by atoms with Crippen molar-refractivity contribution in [2.75, 3.05) is 0 Å². The van der Waals surface area contributed by atoms with Crippen LogP contribution in [0.4, 0.5) is 0 Å². The summed E-state index contributed by atoms with van der Waals surface area (Å²) in [5.41, 5.74) is 3.08. The molecule has 2 rings (SSSR count). The number of nitrogens with zero attached hydrogens (tertiary/aromatic N) is 2. The average molecular weight is 344 g/mol. The number of halogens is 2. The van der Waals surface area contributed by atoms with Crippen LogP contribution in [0.3, 0.4) is 0 Å². The fourth-order valence-electron chi connectivity index (χ4n) is 1.54. The van der Waals surface area contributed by atoms with Crippen molar-refractivity contribution in [2.24, 2.45) is 0 Å². The van der Waals surface area contributed by atoms with Crippen molar-refractivity contribution in [1.82, 2.24) is 9.97 Å². The number of aromatic nitrogens is 2. The summed E-state index contributed by atoms with van der Waals surface area (Å²) in [6.07, 6.45) is 0. The normalized spacial score (nSPS) is 10.7. The molecule has 0 aliphatic rings. The van der Waals surface area contributed by atoms with Gasteiger partial charge in [-0.25, -0.2) is 9.97 Å². The van der Waals surface area contributed by atoms with E-state index in [4.69, 9.17) is 11.6 Å². The second kappa shape index (κ2) is 6.04. The van der Waals surface area contributed by atoms with E-state index >= 15 is 0 Å². The summed E-state index contributed by atoms with van der Waals surface area (Å²) in [5.74, 6) is 0.773. The van der Waals surface area contributed by atoms with Gasteiger partial charge in [0.15, 0.2) is 5.16 Å². The van der Waals surface area contributed by atoms with Gasteiger partial charge in [-0.05, 0) is 37.6 Å². The Morgan fingerprint density at radius 1 is 1.17 bits per heavy atom. The van der Waals surface area contributed by atoms with Crippen LogP contribution in [0.1, 0.15) is 17.0 Å². The van der Waals surface area contributed by atoms with Gasteiger partial charge in [0.1, 0.15) is 0 Å². The lowest BCUT2D eigenvalue weighted by molar-refractivity contribution is 0.902. The molecule has 94 valence electrons. The van der Waals surface area contributed by atoms with Crippen LogP contribution in [0.15, 0.2) is 33.9 Å². The third-order valence-corrected chi connectivity index (χ3v) is 4.07. The number of rotatable bonds is 3. The second-order valence-corrected chi connectivity index (χ2v) is 6.22. The maximum Gasteiger partial charge on any atom is 0.188 e. The Morgan fingerprint density at radius 2 is 1.83 bits per heavy atom. The maximum atomic E-state index is 6.17. The van der Waals surface area contributed by atoms with Crippen LogP contribution in [0.2, 0.25) is 5.02 Å². The Bertz CT molecular complexity index is 555. The van der Waals surface area contributed by atoms with Crippen molar-refractivity contribution >= 4 is 39.3 Å². The molecule has 1 aromatic carbocycles. The third-order valence-electron chi connectivity index (χ3n) is 2.33. The first-order chi connectivity index (χ1) is 8.54. The smallest absolute Gasteiger partial charge is 0.188 e. The van der Waals surface area contributed by atoms with Gasteiger partial charge in [0, 0.05) is 26.6 Å². The Morgan fingerprint density at radius 3 is 2.44 bits per heavy atom. The molecule has 1 aromatic heterocycles. The van der Waals surface area contributed by atoms with Crippen molar-refractivity contribution in [3.8, 4) is 0 Å². The van der Waals surface area contributed by atoms with Gasteiger partial charge in [0.2, 0.25) is 0 Å². The van der Waals surface area contributed by atoms with E-state index in [9.17, 15) is 0 Å². The number of thioether (sulfide) groups is 1. The van der Waals surface area contributed by atoms with E-state index in [1.165, 1.54) is 0 Å². The lowest BCUT2D eigenvalue weighted by atomic mass is 10.2. The SMILES string of the molecule is Cc1cc(C)nc(SCc2ccc(Br)cc2Cl)n1. The van der Waals surface area contributed by atoms with Gasteiger partial charge >= 0.3 is 0 Å². The van der Waals surface area contributed by atoms with Crippen LogP contribution in [-0.4, -0.2) is 9.97 Å². The standard InChI is InChI=1S/C13H12BrClN2S/c1-8-5-9(2)17-13(16-8)18-7-10-3-4-11(14)6-12(10)15/h3-6H,7H2,1-2H3. The highest BCUT2D eigenvalue weighted by Gasteiger charge is 2.05. The first kappa shape index (κ1) is 13.8. The van der Waals surface area contributed by atoms with E-state index < -0.39 is 0 Å². The molecule has 0 aliphatic carbocycles. The predicted molar refractivity (Wildman–Crippen MR) is 80.2 cm³/mol. The fourth-order valence-corrected chi connectivity index (χ4v) is 3.31. The van der Waals surface area contributed by atoms with Crippen molar-refractivity contribution in [2.45, 2.75) is 24.8 Å². The van der Waals surface area contributed by atoms with Crippen LogP contribution < -0.4 is 0 Å². The van der Waals surface area contributed by atoms with E-state index in [2.05, 4.69) is 25.9 Å². The minimum absolute atomic E-state index is 0.765. The molecule has 0 saturated heterocycles. The topological polar surface area (TPSA) is 25.8 Å². The van der Waals surface area contributed by atoms with Crippen LogP contribution >= 0.6 is 39.3 Å². The van der Waals surface area contributed by atoms with Crippen molar-refractivity contribution in [3.05, 3.63) is 50.7 Å². The summed E-state index contributed by atoms with van der Waals surface area (Å²) >= 11 is 11.2. The molecule has 5 heteroatoms. The van der Waals surface area contributed by atoms with E-state index in [-0.39, 0.29) is 0 Å². The van der Waals surface area contributed by atoms with Gasteiger partial charge in [0.25, 0.3) is 0 Å². The quantitative estimate of drug-likeness (QED) is 0.591. The number of hydrogen-bond acceptors (Lipinski definition) is 3. The second-order valence-electron chi connectivity index (χ2n) is 3.96. The highest BCUT2D eigenvalue weighted by atomic mass is 79.9. The molecule has 18 heavy (non-hydrogen) atoms. The van der Waals surface area contributed by atoms with Gasteiger partial charge in [-0.15, -0.1) is 0 Å². The van der Waals surface area contributed by atoms with Crippen LogP contribution in [0, 0.1) is 13.8 Å². The molecule has 0 aliphatic heterocycles. The number of hydrogen-bond donors (Lipinski definition) is 0. The Hall–Kier alpha value is -0.580. The minimum atomic E-state index is 0.765. The molecular weight excluding hydrogens is 332 g/mol. The van der Waals surface area contributed by atoms with Crippen molar-refractivity contribution in [1.29, 1.82) is 0 Å². The monoisotopic (exact) mass is 342 g/mol. The van der Waals surface area contributed by atoms with E-state index in [0.29, 0.717) is 0 Å². The molecule has 0 amide bonds. The summed E-state index contributed by atoms with van der Waals surface area (Å²) in [6, 6.07) is 7.88. The highest BCUT2D eigenvalue weighted by molar-refractivity contribution is 9.10. The van der Waals surface area contributed by atoms with Crippen molar-refractivity contribution in [3.63, 3.8) is 0 Å². The minimum Gasteiger partial charge on any atom is -0.228 e. The van der Waals surface area contributed by atoms with Gasteiger partial charge in [-0.3, -0.25) is 0 Å². The summed E-state index contributed by atoms with van der Waals surface area (Å²) < 4.78 is 0.990. The number of aryl methyl sites for hydroxylation is 2. The van der Waals surface area contributed by atoms with Crippen molar-refractivity contribution < 1.29 is 0 Å². The summed E-state index contributed by atoms with van der Waals surface area (Å²) in [4.78, 5) is 8.79. The van der Waals surface area contributed by atoms with Crippen LogP contribution in [0.5, 0.6) is 0 Å². The highest BCUT2D eigenvalue weighted by Crippen LogP contribution is 2.27. The Labute approximate surface area is 124 Å². The molecule has 2 nitrogen and oxygen atoms in total. The summed E-state index contributed by atoms with van der Waals surface area (Å²) in [6.45, 7) is 3.96. The molecule has 0 bridgehead atoms. The first-order valence-corrected chi connectivity index (χ1v) is 7.59. The molecule has 0 radical (unpaired) electrons. The first-order valence-electron chi connectivity index (χ1n) is 5.43. The molecule has 1 heterocycles. The molecule has 0 fully saturated rings. The largest absolute Gasteiger partial charge is 0.228 e. The van der Waals surface area contributed by atoms with Gasteiger partial charge in [-0.1, -0.05) is 45.4 Å². The predicted octanol–water partition coefficient (Wildman–Crippen LogP) is 4.80. The van der Waals surface area contributed by atoms with Gasteiger partial charge < -0.3 is 0 Å². The fraction of sp³-hybridized carbons (Fsp3) is 0.231. The zero-order chi connectivity index (χ0) is 13.1. The average Bonchev–Trinajstić information content (AvgIpc) is 2.26. The Kier molecular flexibility index (Phi) is 4.65. The van der Waals surface area contributed by atoms with Gasteiger partial charge in [0.05, 0.1) is 0 Å². The molecule has 0 spiro atoms. The lowest BCUT2D eigenvalue weighted by Crippen LogP contribution is -1.93.